The number of benzene rings is 1. The quantitative estimate of drug-likeness (QED) is 0.743. The Morgan fingerprint density at radius 3 is 2.83 bits per heavy atom. The summed E-state index contributed by atoms with van der Waals surface area (Å²) in [6, 6.07) is 8.37. The van der Waals surface area contributed by atoms with Crippen LogP contribution in [0.3, 0.4) is 0 Å². The molecule has 0 spiro atoms. The molecule has 1 aromatic carbocycles. The van der Waals surface area contributed by atoms with E-state index in [4.69, 9.17) is 0 Å². The minimum Gasteiger partial charge on any atom is -0.280 e. The number of nitrogens with zero attached hydrogens (tertiary/aromatic N) is 5. The lowest BCUT2D eigenvalue weighted by molar-refractivity contribution is 0.188. The highest BCUT2D eigenvalue weighted by molar-refractivity contribution is 5.58. The van der Waals surface area contributed by atoms with Gasteiger partial charge in [-0.15, -0.1) is 0 Å². The molecule has 0 amide bonds. The number of rotatable bonds is 3. The van der Waals surface area contributed by atoms with Crippen molar-refractivity contribution in [3.8, 4) is 11.3 Å². The summed E-state index contributed by atoms with van der Waals surface area (Å²) in [6.45, 7) is 4.43. The average molecular weight is 323 g/mol. The summed E-state index contributed by atoms with van der Waals surface area (Å²) in [5, 5.41) is 4.60. The van der Waals surface area contributed by atoms with Crippen LogP contribution >= 0.6 is 0 Å². The van der Waals surface area contributed by atoms with E-state index in [2.05, 4.69) is 20.0 Å². The molecule has 2 aromatic heterocycles. The average Bonchev–Trinajstić information content (AvgIpc) is 3.04. The van der Waals surface area contributed by atoms with Crippen LogP contribution in [-0.2, 0) is 19.6 Å². The van der Waals surface area contributed by atoms with Crippen molar-refractivity contribution >= 4 is 0 Å². The molecule has 0 aliphatic carbocycles. The van der Waals surface area contributed by atoms with Gasteiger partial charge < -0.3 is 0 Å². The molecule has 3 heterocycles. The first-order valence-corrected chi connectivity index (χ1v) is 8.00. The van der Waals surface area contributed by atoms with Gasteiger partial charge in [-0.1, -0.05) is 0 Å². The first-order chi connectivity index (χ1) is 11.7. The Kier molecular flexibility index (Phi) is 3.82. The first kappa shape index (κ1) is 15.0. The maximum Gasteiger partial charge on any atom is 0.125 e. The second-order valence-corrected chi connectivity index (χ2v) is 6.08. The van der Waals surface area contributed by atoms with Gasteiger partial charge in [0.1, 0.15) is 11.6 Å². The summed E-state index contributed by atoms with van der Waals surface area (Å²) in [5.74, 6) is 0.598. The van der Waals surface area contributed by atoms with Gasteiger partial charge in [0.2, 0.25) is 0 Å². The Morgan fingerprint density at radius 2 is 2.00 bits per heavy atom. The lowest BCUT2D eigenvalue weighted by Crippen LogP contribution is -2.33. The van der Waals surface area contributed by atoms with E-state index in [-0.39, 0.29) is 5.82 Å². The predicted octanol–water partition coefficient (Wildman–Crippen LogP) is 2.80. The maximum atomic E-state index is 13.0. The molecule has 0 N–H and O–H groups in total. The topological polar surface area (TPSA) is 46.8 Å². The van der Waals surface area contributed by atoms with Crippen LogP contribution in [0.15, 0.2) is 42.7 Å². The summed E-state index contributed by atoms with van der Waals surface area (Å²) < 4.78 is 14.9. The van der Waals surface area contributed by atoms with Gasteiger partial charge in [0.05, 0.1) is 12.4 Å². The van der Waals surface area contributed by atoms with Gasteiger partial charge in [0, 0.05) is 48.7 Å². The van der Waals surface area contributed by atoms with Crippen LogP contribution in [0.2, 0.25) is 0 Å². The van der Waals surface area contributed by atoms with Crippen LogP contribution in [0, 0.1) is 12.7 Å². The fourth-order valence-corrected chi connectivity index (χ4v) is 3.02. The van der Waals surface area contributed by atoms with E-state index in [0.717, 1.165) is 42.3 Å². The molecule has 6 heteroatoms. The summed E-state index contributed by atoms with van der Waals surface area (Å²) in [7, 11) is 0. The summed E-state index contributed by atoms with van der Waals surface area (Å²) >= 11 is 0. The summed E-state index contributed by atoms with van der Waals surface area (Å²) in [5.41, 5.74) is 4.12. The number of aryl methyl sites for hydroxylation is 1. The molecule has 0 bridgehead atoms. The Bertz CT molecular complexity index is 856. The van der Waals surface area contributed by atoms with Crippen LogP contribution in [0.4, 0.5) is 4.39 Å². The number of halogens is 1. The number of hydrogen-bond acceptors (Lipinski definition) is 4. The van der Waals surface area contributed by atoms with E-state index in [0.29, 0.717) is 6.67 Å². The van der Waals surface area contributed by atoms with Crippen molar-refractivity contribution in [3.63, 3.8) is 0 Å². The van der Waals surface area contributed by atoms with E-state index in [1.807, 2.05) is 30.1 Å². The second kappa shape index (κ2) is 6.13. The van der Waals surface area contributed by atoms with Crippen molar-refractivity contribution in [2.24, 2.45) is 0 Å². The van der Waals surface area contributed by atoms with Gasteiger partial charge in [-0.05, 0) is 37.3 Å². The second-order valence-electron chi connectivity index (χ2n) is 6.08. The zero-order valence-electron chi connectivity index (χ0n) is 13.5. The van der Waals surface area contributed by atoms with Crippen molar-refractivity contribution in [2.45, 2.75) is 26.6 Å². The standard InChI is InChI=1S/C18H18FN5/c1-13-20-10-15-11-23(8-6-17(15)21-13)12-24-9-7-18(22-24)14-2-4-16(19)5-3-14/h2-5,7,9-10H,6,8,11-12H2,1H3. The van der Waals surface area contributed by atoms with Gasteiger partial charge in [0.15, 0.2) is 0 Å². The molecular formula is C18H18FN5. The molecule has 5 nitrogen and oxygen atoms in total. The highest BCUT2D eigenvalue weighted by atomic mass is 19.1. The third-order valence-electron chi connectivity index (χ3n) is 4.26. The van der Waals surface area contributed by atoms with Crippen LogP contribution < -0.4 is 0 Å². The summed E-state index contributed by atoms with van der Waals surface area (Å²) in [4.78, 5) is 11.1. The molecule has 0 unspecified atom stereocenters. The van der Waals surface area contributed by atoms with Crippen molar-refractivity contribution in [3.05, 3.63) is 65.6 Å². The van der Waals surface area contributed by atoms with E-state index >= 15 is 0 Å². The zero-order valence-corrected chi connectivity index (χ0v) is 13.5. The van der Waals surface area contributed by atoms with Gasteiger partial charge in [-0.3, -0.25) is 9.58 Å². The molecular weight excluding hydrogens is 305 g/mol. The van der Waals surface area contributed by atoms with Crippen LogP contribution in [0.25, 0.3) is 11.3 Å². The molecule has 24 heavy (non-hydrogen) atoms. The smallest absolute Gasteiger partial charge is 0.125 e. The van der Waals surface area contributed by atoms with Gasteiger partial charge in [-0.25, -0.2) is 14.4 Å². The van der Waals surface area contributed by atoms with Gasteiger partial charge in [-0.2, -0.15) is 5.10 Å². The normalized spacial score (nSPS) is 14.6. The number of aromatic nitrogens is 4. The number of hydrogen-bond donors (Lipinski definition) is 0. The summed E-state index contributed by atoms with van der Waals surface area (Å²) in [6.07, 6.45) is 4.82. The zero-order chi connectivity index (χ0) is 16.5. The lowest BCUT2D eigenvalue weighted by Gasteiger charge is -2.27. The minimum atomic E-state index is -0.234. The highest BCUT2D eigenvalue weighted by Crippen LogP contribution is 2.19. The molecule has 0 atom stereocenters. The van der Waals surface area contributed by atoms with Crippen molar-refractivity contribution in [1.82, 2.24) is 24.6 Å². The largest absolute Gasteiger partial charge is 0.280 e. The Hall–Kier alpha value is -2.60. The molecule has 0 radical (unpaired) electrons. The van der Waals surface area contributed by atoms with Crippen molar-refractivity contribution < 1.29 is 4.39 Å². The van der Waals surface area contributed by atoms with Gasteiger partial charge >= 0.3 is 0 Å². The van der Waals surface area contributed by atoms with E-state index < -0.39 is 0 Å². The molecule has 0 saturated heterocycles. The van der Waals surface area contributed by atoms with Crippen molar-refractivity contribution in [2.75, 3.05) is 6.54 Å². The SMILES string of the molecule is Cc1ncc2c(n1)CCN(Cn1ccc(-c3ccc(F)cc3)n1)C2. The van der Waals surface area contributed by atoms with E-state index in [1.54, 1.807) is 12.1 Å². The molecule has 122 valence electrons. The predicted molar refractivity (Wildman–Crippen MR) is 88.5 cm³/mol. The molecule has 4 rings (SSSR count). The number of fused-ring (bicyclic) bond motifs is 1. The molecule has 0 saturated carbocycles. The Balaban J connectivity index is 1.47. The van der Waals surface area contributed by atoms with Crippen LogP contribution in [0.5, 0.6) is 0 Å². The fraction of sp³-hybridized carbons (Fsp3) is 0.278. The fourth-order valence-electron chi connectivity index (χ4n) is 3.02. The molecule has 1 aliphatic rings. The van der Waals surface area contributed by atoms with E-state index in [1.165, 1.54) is 17.7 Å². The third kappa shape index (κ3) is 3.05. The van der Waals surface area contributed by atoms with Crippen LogP contribution in [0.1, 0.15) is 17.1 Å². The minimum absolute atomic E-state index is 0.234. The lowest BCUT2D eigenvalue weighted by atomic mass is 10.1. The Morgan fingerprint density at radius 1 is 1.17 bits per heavy atom. The van der Waals surface area contributed by atoms with Gasteiger partial charge in [0.25, 0.3) is 0 Å². The van der Waals surface area contributed by atoms with E-state index in [9.17, 15) is 4.39 Å². The molecule has 0 fully saturated rings. The third-order valence-corrected chi connectivity index (χ3v) is 4.26. The molecule has 1 aliphatic heterocycles. The van der Waals surface area contributed by atoms with Crippen LogP contribution in [-0.4, -0.2) is 31.2 Å². The highest BCUT2D eigenvalue weighted by Gasteiger charge is 2.18. The van der Waals surface area contributed by atoms with Crippen molar-refractivity contribution in [1.29, 1.82) is 0 Å². The first-order valence-electron chi connectivity index (χ1n) is 8.00. The maximum absolute atomic E-state index is 13.0. The monoisotopic (exact) mass is 323 g/mol. The Labute approximate surface area is 139 Å². The molecule has 3 aromatic rings.